The third-order valence-electron chi connectivity index (χ3n) is 6.48. The van der Waals surface area contributed by atoms with E-state index in [1.807, 2.05) is 24.0 Å². The molecule has 5 nitrogen and oxygen atoms in total. The van der Waals surface area contributed by atoms with E-state index in [2.05, 4.69) is 24.9 Å². The van der Waals surface area contributed by atoms with Gasteiger partial charge in [-0.3, -0.25) is 9.59 Å². The highest BCUT2D eigenvalue weighted by atomic mass is 16.5. The van der Waals surface area contributed by atoms with Gasteiger partial charge in [-0.05, 0) is 49.3 Å². The quantitative estimate of drug-likeness (QED) is 0.728. The number of likely N-dealkylation sites (N-methyl/N-ethyl adjacent to an activating group) is 1. The number of hydrogen-bond donors (Lipinski definition) is 1. The van der Waals surface area contributed by atoms with Crippen LogP contribution in [-0.4, -0.2) is 36.0 Å². The first-order valence-electron chi connectivity index (χ1n) is 10.9. The number of carbonyl (C=O) groups excluding carboxylic acids is 1. The minimum absolute atomic E-state index is 0.0178. The number of pyridine rings is 1. The van der Waals surface area contributed by atoms with Crippen LogP contribution in [0, 0.1) is 5.92 Å². The van der Waals surface area contributed by atoms with E-state index in [4.69, 9.17) is 4.74 Å². The SMILES string of the molecule is CCN(CC(c1c(C2CCCC2)c(=O)[nH]c2cc(OC)ccc12)C(C)C)C(C)=O. The lowest BCUT2D eigenvalue weighted by Gasteiger charge is -2.32. The molecule has 2 aromatic rings. The molecule has 158 valence electrons. The summed E-state index contributed by atoms with van der Waals surface area (Å²) in [6.07, 6.45) is 4.47. The van der Waals surface area contributed by atoms with E-state index >= 15 is 0 Å². The Morgan fingerprint density at radius 3 is 2.52 bits per heavy atom. The van der Waals surface area contributed by atoms with Crippen molar-refractivity contribution in [2.24, 2.45) is 5.92 Å². The molecule has 0 bridgehead atoms. The Bertz CT molecular complexity index is 926. The molecule has 0 radical (unpaired) electrons. The first kappa shape index (κ1) is 21.4. The molecule has 1 aromatic carbocycles. The molecule has 0 spiro atoms. The monoisotopic (exact) mass is 398 g/mol. The highest BCUT2D eigenvalue weighted by molar-refractivity contribution is 5.85. The first-order valence-corrected chi connectivity index (χ1v) is 10.9. The van der Waals surface area contributed by atoms with E-state index in [1.165, 1.54) is 12.8 Å². The molecule has 1 unspecified atom stereocenters. The minimum atomic E-state index is 0.0178. The fourth-order valence-corrected chi connectivity index (χ4v) is 4.82. The molecule has 0 aliphatic heterocycles. The van der Waals surface area contributed by atoms with Crippen LogP contribution in [0.25, 0.3) is 10.9 Å². The second kappa shape index (κ2) is 9.02. The zero-order valence-electron chi connectivity index (χ0n) is 18.4. The van der Waals surface area contributed by atoms with Gasteiger partial charge < -0.3 is 14.6 Å². The van der Waals surface area contributed by atoms with E-state index in [0.29, 0.717) is 24.9 Å². The maximum Gasteiger partial charge on any atom is 0.252 e. The maximum absolute atomic E-state index is 13.3. The van der Waals surface area contributed by atoms with Crippen molar-refractivity contribution in [2.45, 2.75) is 65.2 Å². The number of benzene rings is 1. The van der Waals surface area contributed by atoms with Gasteiger partial charge in [-0.1, -0.05) is 26.7 Å². The summed E-state index contributed by atoms with van der Waals surface area (Å²) in [7, 11) is 1.63. The average molecular weight is 399 g/mol. The van der Waals surface area contributed by atoms with E-state index in [1.54, 1.807) is 14.0 Å². The summed E-state index contributed by atoms with van der Waals surface area (Å²) < 4.78 is 5.38. The van der Waals surface area contributed by atoms with Crippen LogP contribution in [0.15, 0.2) is 23.0 Å². The van der Waals surface area contributed by atoms with Crippen molar-refractivity contribution in [3.8, 4) is 5.75 Å². The Kier molecular flexibility index (Phi) is 6.66. The number of hydrogen-bond acceptors (Lipinski definition) is 3. The number of aromatic amines is 1. The molecular weight excluding hydrogens is 364 g/mol. The maximum atomic E-state index is 13.3. The lowest BCUT2D eigenvalue weighted by molar-refractivity contribution is -0.129. The van der Waals surface area contributed by atoms with E-state index in [9.17, 15) is 9.59 Å². The molecular formula is C24H34N2O3. The zero-order valence-corrected chi connectivity index (χ0v) is 18.4. The molecule has 1 heterocycles. The average Bonchev–Trinajstić information content (AvgIpc) is 3.21. The normalized spacial score (nSPS) is 15.8. The smallest absolute Gasteiger partial charge is 0.252 e. The Hall–Kier alpha value is -2.30. The number of nitrogens with zero attached hydrogens (tertiary/aromatic N) is 1. The molecule has 1 fully saturated rings. The number of carbonyl (C=O) groups is 1. The molecule has 1 amide bonds. The summed E-state index contributed by atoms with van der Waals surface area (Å²) in [5.74, 6) is 1.52. The van der Waals surface area contributed by atoms with E-state index in [-0.39, 0.29) is 17.4 Å². The van der Waals surface area contributed by atoms with Gasteiger partial charge in [0.1, 0.15) is 5.75 Å². The molecule has 29 heavy (non-hydrogen) atoms. The standard InChI is InChI=1S/C24H34N2O3/c1-6-26(16(4)27)14-20(15(2)3)23-19-12-11-18(29-5)13-21(19)25-24(28)22(23)17-9-7-8-10-17/h11-13,15,17,20H,6-10,14H2,1-5H3,(H,25,28). The van der Waals surface area contributed by atoms with Crippen LogP contribution in [-0.2, 0) is 4.79 Å². The van der Waals surface area contributed by atoms with Crippen LogP contribution < -0.4 is 10.3 Å². The van der Waals surface area contributed by atoms with Crippen molar-refractivity contribution in [1.82, 2.24) is 9.88 Å². The number of H-pyrrole nitrogens is 1. The lowest BCUT2D eigenvalue weighted by atomic mass is 9.79. The van der Waals surface area contributed by atoms with Gasteiger partial charge in [-0.15, -0.1) is 0 Å². The second-order valence-corrected chi connectivity index (χ2v) is 8.58. The van der Waals surface area contributed by atoms with Crippen LogP contribution in [0.5, 0.6) is 5.75 Å². The number of aromatic nitrogens is 1. The van der Waals surface area contributed by atoms with Gasteiger partial charge in [0, 0.05) is 42.9 Å². The summed E-state index contributed by atoms with van der Waals surface area (Å²) in [4.78, 5) is 30.4. The van der Waals surface area contributed by atoms with Gasteiger partial charge in [0.15, 0.2) is 0 Å². The van der Waals surface area contributed by atoms with Crippen molar-refractivity contribution in [1.29, 1.82) is 0 Å². The zero-order chi connectivity index (χ0) is 21.1. The van der Waals surface area contributed by atoms with Gasteiger partial charge in [0.25, 0.3) is 5.56 Å². The number of fused-ring (bicyclic) bond motifs is 1. The minimum Gasteiger partial charge on any atom is -0.497 e. The van der Waals surface area contributed by atoms with Crippen LogP contribution >= 0.6 is 0 Å². The van der Waals surface area contributed by atoms with Crippen LogP contribution in [0.1, 0.15) is 76.3 Å². The summed E-state index contributed by atoms with van der Waals surface area (Å²) in [5, 5.41) is 1.07. The van der Waals surface area contributed by atoms with Gasteiger partial charge in [-0.2, -0.15) is 0 Å². The Labute approximate surface area is 173 Å². The Morgan fingerprint density at radius 1 is 1.28 bits per heavy atom. The largest absolute Gasteiger partial charge is 0.497 e. The predicted octanol–water partition coefficient (Wildman–Crippen LogP) is 4.80. The van der Waals surface area contributed by atoms with E-state index < -0.39 is 0 Å². The molecule has 1 saturated carbocycles. The molecule has 1 atom stereocenters. The molecule has 0 saturated heterocycles. The summed E-state index contributed by atoms with van der Waals surface area (Å²) in [6.45, 7) is 9.32. The third-order valence-corrected chi connectivity index (χ3v) is 6.48. The molecule has 5 heteroatoms. The summed E-state index contributed by atoms with van der Waals surface area (Å²) in [6, 6.07) is 5.93. The number of amides is 1. The first-order chi connectivity index (χ1) is 13.9. The predicted molar refractivity (Wildman–Crippen MR) is 118 cm³/mol. The highest BCUT2D eigenvalue weighted by Crippen LogP contribution is 2.41. The number of rotatable bonds is 7. The lowest BCUT2D eigenvalue weighted by Crippen LogP contribution is -2.35. The molecule has 1 aromatic heterocycles. The number of ether oxygens (including phenoxy) is 1. The third kappa shape index (κ3) is 4.34. The molecule has 1 aliphatic rings. The Morgan fingerprint density at radius 2 is 1.97 bits per heavy atom. The van der Waals surface area contributed by atoms with Crippen molar-refractivity contribution >= 4 is 16.8 Å². The van der Waals surface area contributed by atoms with Crippen LogP contribution in [0.2, 0.25) is 0 Å². The second-order valence-electron chi connectivity index (χ2n) is 8.58. The van der Waals surface area contributed by atoms with Crippen molar-refractivity contribution in [3.05, 3.63) is 39.7 Å². The van der Waals surface area contributed by atoms with Crippen molar-refractivity contribution in [2.75, 3.05) is 20.2 Å². The van der Waals surface area contributed by atoms with Crippen molar-refractivity contribution in [3.63, 3.8) is 0 Å². The Balaban J connectivity index is 2.26. The fourth-order valence-electron chi connectivity index (χ4n) is 4.82. The van der Waals surface area contributed by atoms with E-state index in [0.717, 1.165) is 40.6 Å². The fraction of sp³-hybridized carbons (Fsp3) is 0.583. The topological polar surface area (TPSA) is 62.4 Å². The van der Waals surface area contributed by atoms with Gasteiger partial charge in [0.05, 0.1) is 12.6 Å². The van der Waals surface area contributed by atoms with Gasteiger partial charge in [-0.25, -0.2) is 0 Å². The van der Waals surface area contributed by atoms with Crippen molar-refractivity contribution < 1.29 is 9.53 Å². The molecule has 3 rings (SSSR count). The number of nitrogens with one attached hydrogen (secondary N) is 1. The summed E-state index contributed by atoms with van der Waals surface area (Å²) >= 11 is 0. The molecule has 1 aliphatic carbocycles. The number of methoxy groups -OCH3 is 1. The van der Waals surface area contributed by atoms with Gasteiger partial charge in [0.2, 0.25) is 5.91 Å². The van der Waals surface area contributed by atoms with Gasteiger partial charge >= 0.3 is 0 Å². The summed E-state index contributed by atoms with van der Waals surface area (Å²) in [5.41, 5.74) is 2.90. The van der Waals surface area contributed by atoms with Crippen LogP contribution in [0.4, 0.5) is 0 Å². The molecule has 1 N–H and O–H groups in total. The van der Waals surface area contributed by atoms with Crippen LogP contribution in [0.3, 0.4) is 0 Å². The highest BCUT2D eigenvalue weighted by Gasteiger charge is 2.31.